The van der Waals surface area contributed by atoms with Crippen molar-refractivity contribution in [3.05, 3.63) is 188 Å². The maximum Gasteiger partial charge on any atom is 0.522 e. The fraction of sp³-hybridized carbons (Fsp3) is 0.621. The molecule has 119 heavy (non-hydrogen) atoms. The molecule has 0 heterocycles. The van der Waals surface area contributed by atoms with Gasteiger partial charge in [0.15, 0.2) is 0 Å². The molecule has 0 unspecified atom stereocenters. The average Bonchev–Trinajstić information content (AvgIpc) is 0.930. The molecule has 0 bridgehead atoms. The predicted molar refractivity (Wildman–Crippen MR) is 507 cm³/mol. The highest BCUT2D eigenvalue weighted by atomic mass is 32.2. The molecule has 0 spiro atoms. The minimum absolute atomic E-state index is 0.285. The molecule has 0 N–H and O–H groups in total. The standard InChI is InChI=1S/2C13H13N.C10H24Si.C9H14Si.C7H14.C7H8.C6H12.C5H10.C4H12Si.C4H8.C3H3F5O.C3H3F5S.C3H8O.C2H3F3O.C2H6O.C2H6S.C2H6/c2*1-14(12-8-4-2-5-9-12)13-10-6-3-7-11-13;1-8(2)11(7,9(3)4)10(5)6;1-10(2,3)9-7-5-4-6-8-9;2*1-7-5-3-2-4-6-7;1-6-4-2-3-5-6;1-5-3-2-4-5;1-5(2,3)4;1-4-2-3-4;2*1-9-3(7,8)2(4,5)6;1-3-4-2;1-6-2(3,4)5;2*1-3-2;1-2/h2*2-11H,1H3;8-10H,1-7H3;4-8H,1-3H3;7H,2-6H2,1H3;2-6H,1H3;6H,2-5H2,1H3;5H,2-4H2,1H3;1-4H3;4H,2-3H2,1H3;2*1H3;3H2,1-2H3;1H3;2*1-2H3;1-2H3. The first kappa shape index (κ1) is 127. The lowest BCUT2D eigenvalue weighted by molar-refractivity contribution is -0.383. The third-order valence-electron chi connectivity index (χ3n) is 18.4. The second kappa shape index (κ2) is 73.5. The van der Waals surface area contributed by atoms with E-state index in [0.29, 0.717) is 13.4 Å². The van der Waals surface area contributed by atoms with Crippen molar-refractivity contribution in [3.63, 3.8) is 0 Å². The molecule has 4 saturated carbocycles. The van der Waals surface area contributed by atoms with Crippen LogP contribution in [0.25, 0.3) is 0 Å². The Morgan fingerprint density at radius 2 is 0.605 bits per heavy atom. The van der Waals surface area contributed by atoms with Gasteiger partial charge in [0.25, 0.3) is 0 Å². The molecule has 4 fully saturated rings. The molecule has 0 aliphatic heterocycles. The van der Waals surface area contributed by atoms with Crippen molar-refractivity contribution in [2.24, 2.45) is 23.7 Å². The quantitative estimate of drug-likeness (QED) is 0.0939. The second-order valence-corrected chi connectivity index (χ2v) is 51.9. The van der Waals surface area contributed by atoms with Crippen LogP contribution in [-0.2, 0) is 18.9 Å². The first-order valence-corrected chi connectivity index (χ1v) is 54.8. The van der Waals surface area contributed by atoms with Crippen molar-refractivity contribution in [1.82, 2.24) is 0 Å². The molecule has 4 aliphatic rings. The summed E-state index contributed by atoms with van der Waals surface area (Å²) in [5, 5.41) is -3.07. The highest BCUT2D eigenvalue weighted by Gasteiger charge is 2.59. The number of hydrogen-bond donors (Lipinski definition) is 0. The van der Waals surface area contributed by atoms with Crippen molar-refractivity contribution in [2.45, 2.75) is 286 Å². The molecule has 0 aromatic heterocycles. The summed E-state index contributed by atoms with van der Waals surface area (Å²) < 4.78 is 158. The van der Waals surface area contributed by atoms with E-state index in [2.05, 4.69) is 311 Å². The third kappa shape index (κ3) is 76.6. The van der Waals surface area contributed by atoms with E-state index in [1.165, 1.54) is 123 Å². The van der Waals surface area contributed by atoms with Crippen LogP contribution in [0.2, 0.25) is 69.0 Å². The van der Waals surface area contributed by atoms with E-state index in [-0.39, 0.29) is 7.11 Å². The molecule has 692 valence electrons. The summed E-state index contributed by atoms with van der Waals surface area (Å²) in [6, 6.07) is 62.4. The number of rotatable bonds is 11. The number of alkyl halides is 13. The summed E-state index contributed by atoms with van der Waals surface area (Å²) in [4.78, 5) is 4.33. The van der Waals surface area contributed by atoms with E-state index in [4.69, 9.17) is 0 Å². The lowest BCUT2D eigenvalue weighted by atomic mass is 9.88. The van der Waals surface area contributed by atoms with Crippen LogP contribution in [0.3, 0.4) is 0 Å². The molecule has 6 nitrogen and oxygen atoms in total. The summed E-state index contributed by atoms with van der Waals surface area (Å²) >= 11 is 1.23. The largest absolute Gasteiger partial charge is 0.522 e. The second-order valence-electron chi connectivity index (χ2n) is 32.9. The number of ether oxygens (including phenoxy) is 4. The van der Waals surface area contributed by atoms with Gasteiger partial charge in [-0.05, 0) is 105 Å². The normalized spacial score (nSPS) is 13.6. The van der Waals surface area contributed by atoms with Crippen LogP contribution in [0, 0.1) is 30.6 Å². The topological polar surface area (TPSA) is 43.4 Å². The number of halogens is 13. The molecule has 10 rings (SSSR count). The molecular formula is C95H163F13N2O4S2Si3. The predicted octanol–water partition coefficient (Wildman–Crippen LogP) is 33.8. The molecule has 0 atom stereocenters. The van der Waals surface area contributed by atoms with Gasteiger partial charge in [-0.25, -0.2) is 0 Å². The molecule has 6 aromatic rings. The Morgan fingerprint density at radius 1 is 0.387 bits per heavy atom. The Morgan fingerprint density at radius 3 is 0.689 bits per heavy atom. The summed E-state index contributed by atoms with van der Waals surface area (Å²) in [5.41, 5.74) is 8.91. The van der Waals surface area contributed by atoms with E-state index in [0.717, 1.165) is 46.9 Å². The number of thioether (sulfide) groups is 2. The van der Waals surface area contributed by atoms with Gasteiger partial charge in [-0.1, -0.05) is 398 Å². The Bertz CT molecular complexity index is 2870. The molecular weight excluding hydrogens is 1630 g/mol. The Kier molecular flexibility index (Phi) is 78.7. The van der Waals surface area contributed by atoms with Crippen molar-refractivity contribution < 1.29 is 76.0 Å². The number of benzene rings is 6. The van der Waals surface area contributed by atoms with Gasteiger partial charge in [-0.3, -0.25) is 4.74 Å². The first-order valence-electron chi connectivity index (χ1n) is 41.7. The number of methoxy groups -OCH3 is 4. The van der Waals surface area contributed by atoms with E-state index >= 15 is 0 Å². The van der Waals surface area contributed by atoms with Gasteiger partial charge in [0, 0.05) is 87.1 Å². The summed E-state index contributed by atoms with van der Waals surface area (Å²) in [6.45, 7) is 51.5. The SMILES string of the molecule is CC.CC(C)[Si](C)(C(C)C)C(C)C.CC1CC1.CC1CCC1.CC1CCCC1.CC1CCCCC1.CCOC.CN(c1ccccc1)c1ccccc1.CN(c1ccccc1)c1ccccc1.COC.COC(F)(F)C(F)(F)F.COC(F)(F)F.CSC.CSC(F)(F)C(F)(F)F.C[Si](C)(C)C.C[Si](C)(C)c1ccccc1.Cc1ccccc1. The number of para-hydroxylation sites is 4. The maximum absolute atomic E-state index is 11.5. The van der Waals surface area contributed by atoms with E-state index < -0.39 is 66.1 Å². The number of anilines is 4. The van der Waals surface area contributed by atoms with Crippen LogP contribution >= 0.6 is 23.5 Å². The molecule has 0 amide bonds. The van der Waals surface area contributed by atoms with Crippen molar-refractivity contribution in [1.29, 1.82) is 0 Å². The monoisotopic (exact) mass is 1790 g/mol. The zero-order chi connectivity index (χ0) is 93.7. The van der Waals surface area contributed by atoms with Crippen LogP contribution in [0.1, 0.15) is 185 Å². The van der Waals surface area contributed by atoms with Gasteiger partial charge in [-0.2, -0.15) is 55.7 Å². The molecule has 4 aliphatic carbocycles. The van der Waals surface area contributed by atoms with Gasteiger partial charge < -0.3 is 24.0 Å². The van der Waals surface area contributed by atoms with E-state index in [1.807, 2.05) is 75.7 Å². The summed E-state index contributed by atoms with van der Waals surface area (Å²) in [5.74, 6) is 4.23. The summed E-state index contributed by atoms with van der Waals surface area (Å²) in [7, 11) is 7.32. The zero-order valence-electron chi connectivity index (χ0n) is 79.2. The highest BCUT2D eigenvalue weighted by molar-refractivity contribution is 7.99. The number of aryl methyl sites for hydroxylation is 1. The average molecular weight is 1790 g/mol. The van der Waals surface area contributed by atoms with Gasteiger partial charge in [0.1, 0.15) is 0 Å². The first-order chi connectivity index (χ1) is 55.1. The van der Waals surface area contributed by atoms with Crippen LogP contribution < -0.4 is 15.0 Å². The number of nitrogens with zero attached hydrogens (tertiary/aromatic N) is 2. The lowest BCUT2D eigenvalue weighted by Crippen LogP contribution is -2.40. The van der Waals surface area contributed by atoms with Crippen LogP contribution in [0.4, 0.5) is 79.8 Å². The highest BCUT2D eigenvalue weighted by Crippen LogP contribution is 2.43. The maximum atomic E-state index is 11.5. The minimum Gasteiger partial charge on any atom is -0.388 e. The molecule has 0 radical (unpaired) electrons. The lowest BCUT2D eigenvalue weighted by Gasteiger charge is -2.39. The van der Waals surface area contributed by atoms with Gasteiger partial charge in [0.05, 0.1) is 16.1 Å². The van der Waals surface area contributed by atoms with Gasteiger partial charge in [0.2, 0.25) is 0 Å². The summed E-state index contributed by atoms with van der Waals surface area (Å²) in [6.07, 6.45) is 5.09. The van der Waals surface area contributed by atoms with Crippen molar-refractivity contribution in [2.75, 3.05) is 84.8 Å². The minimum atomic E-state index is -5.61. The Balaban J connectivity index is -0.000000229. The van der Waals surface area contributed by atoms with Crippen LogP contribution in [-0.4, -0.2) is 129 Å². The van der Waals surface area contributed by atoms with Gasteiger partial charge >= 0.3 is 30.1 Å². The molecule has 6 aromatic carbocycles. The number of hydrogen-bond acceptors (Lipinski definition) is 8. The van der Waals surface area contributed by atoms with E-state index in [1.54, 1.807) is 33.1 Å². The molecule has 0 saturated heterocycles. The Hall–Kier alpha value is -4.80. The van der Waals surface area contributed by atoms with E-state index in [9.17, 15) is 57.1 Å². The zero-order valence-corrected chi connectivity index (χ0v) is 83.9. The molecule has 24 heteroatoms. The fourth-order valence-corrected chi connectivity index (χ4v) is 15.2. The van der Waals surface area contributed by atoms with Crippen LogP contribution in [0.5, 0.6) is 0 Å². The Labute approximate surface area is 729 Å². The van der Waals surface area contributed by atoms with Gasteiger partial charge in [-0.15, -0.1) is 13.2 Å². The van der Waals surface area contributed by atoms with Crippen molar-refractivity contribution in [3.8, 4) is 0 Å². The fourth-order valence-electron chi connectivity index (χ4n) is 9.82. The third-order valence-corrected chi connectivity index (χ3v) is 28.7. The van der Waals surface area contributed by atoms with Crippen molar-refractivity contribution >= 4 is 75.7 Å². The van der Waals surface area contributed by atoms with Crippen LogP contribution in [0.15, 0.2) is 182 Å². The smallest absolute Gasteiger partial charge is 0.388 e.